The summed E-state index contributed by atoms with van der Waals surface area (Å²) in [6, 6.07) is 4.51. The Morgan fingerprint density at radius 3 is 2.74 bits per heavy atom. The first-order chi connectivity index (χ1) is 8.97. The van der Waals surface area contributed by atoms with Crippen LogP contribution in [0.2, 0.25) is 0 Å². The van der Waals surface area contributed by atoms with Gasteiger partial charge in [0.1, 0.15) is 6.07 Å². The molecule has 0 aliphatic rings. The minimum atomic E-state index is -3.03. The van der Waals surface area contributed by atoms with Crippen molar-refractivity contribution in [3.05, 3.63) is 27.7 Å². The van der Waals surface area contributed by atoms with Crippen LogP contribution in [0.3, 0.4) is 0 Å². The summed E-state index contributed by atoms with van der Waals surface area (Å²) in [6.45, 7) is -1.11. The normalized spacial score (nSPS) is 10.1. The van der Waals surface area contributed by atoms with E-state index in [1.54, 1.807) is 13.0 Å². The van der Waals surface area contributed by atoms with Gasteiger partial charge >= 0.3 is 12.6 Å². The Morgan fingerprint density at radius 2 is 2.21 bits per heavy atom. The van der Waals surface area contributed by atoms with Gasteiger partial charge in [-0.2, -0.15) is 14.0 Å². The second-order valence-electron chi connectivity index (χ2n) is 3.43. The summed E-state index contributed by atoms with van der Waals surface area (Å²) in [5.74, 6) is -0.703. The molecule has 0 radical (unpaired) electrons. The number of esters is 1. The highest BCUT2D eigenvalue weighted by Crippen LogP contribution is 2.32. The van der Waals surface area contributed by atoms with Crippen LogP contribution in [-0.2, 0) is 16.0 Å². The van der Waals surface area contributed by atoms with Gasteiger partial charge in [-0.25, -0.2) is 0 Å². The second kappa shape index (κ2) is 7.04. The van der Waals surface area contributed by atoms with Crippen molar-refractivity contribution in [2.45, 2.75) is 20.0 Å². The van der Waals surface area contributed by atoms with Gasteiger partial charge < -0.3 is 9.47 Å². The number of rotatable bonds is 5. The van der Waals surface area contributed by atoms with E-state index in [0.29, 0.717) is 5.56 Å². The third-order valence-electron chi connectivity index (χ3n) is 2.08. The highest BCUT2D eigenvalue weighted by Gasteiger charge is 2.16. The lowest BCUT2D eigenvalue weighted by molar-refractivity contribution is -0.142. The summed E-state index contributed by atoms with van der Waals surface area (Å²) in [5.41, 5.74) is 0.400. The summed E-state index contributed by atoms with van der Waals surface area (Å²) in [7, 11) is 0. The Balaban J connectivity index is 3.03. The van der Waals surface area contributed by atoms with Crippen molar-refractivity contribution in [1.29, 1.82) is 5.26 Å². The van der Waals surface area contributed by atoms with E-state index in [4.69, 9.17) is 10.00 Å². The van der Waals surface area contributed by atoms with Crippen LogP contribution in [0.25, 0.3) is 0 Å². The van der Waals surface area contributed by atoms with Crippen molar-refractivity contribution in [3.8, 4) is 11.8 Å². The molecule has 0 amide bonds. The van der Waals surface area contributed by atoms with Gasteiger partial charge in [-0.3, -0.25) is 4.79 Å². The number of ether oxygens (including phenoxy) is 2. The molecule has 0 bridgehead atoms. The fourth-order valence-corrected chi connectivity index (χ4v) is 2.02. The topological polar surface area (TPSA) is 59.3 Å². The SMILES string of the molecule is CCOC(=O)Cc1cc(Br)c(OC(F)F)c(C#N)c1. The molecule has 0 saturated carbocycles. The smallest absolute Gasteiger partial charge is 0.387 e. The van der Waals surface area contributed by atoms with Crippen molar-refractivity contribution in [2.24, 2.45) is 0 Å². The number of carbonyl (C=O) groups excluding carboxylic acids is 1. The Hall–Kier alpha value is -1.68. The van der Waals surface area contributed by atoms with Crippen LogP contribution >= 0.6 is 15.9 Å². The average molecular weight is 334 g/mol. The lowest BCUT2D eigenvalue weighted by Gasteiger charge is -2.10. The molecule has 0 atom stereocenters. The summed E-state index contributed by atoms with van der Waals surface area (Å²) in [6.07, 6.45) is -0.0456. The minimum absolute atomic E-state index is 0.0456. The molecular formula is C12H10BrF2NO3. The number of carbonyl (C=O) groups is 1. The van der Waals surface area contributed by atoms with Gasteiger partial charge in [0, 0.05) is 0 Å². The van der Waals surface area contributed by atoms with Gasteiger partial charge in [0.2, 0.25) is 0 Å². The van der Waals surface area contributed by atoms with Crippen molar-refractivity contribution in [1.82, 2.24) is 0 Å². The minimum Gasteiger partial charge on any atom is -0.466 e. The van der Waals surface area contributed by atoms with Crippen LogP contribution in [0.1, 0.15) is 18.1 Å². The van der Waals surface area contributed by atoms with E-state index in [9.17, 15) is 13.6 Å². The summed E-state index contributed by atoms with van der Waals surface area (Å²) in [5, 5.41) is 8.91. The van der Waals surface area contributed by atoms with E-state index < -0.39 is 12.6 Å². The first-order valence-corrected chi connectivity index (χ1v) is 6.10. The molecule has 0 aliphatic heterocycles. The molecule has 0 unspecified atom stereocenters. The predicted molar refractivity (Wildman–Crippen MR) is 65.8 cm³/mol. The molecular weight excluding hydrogens is 324 g/mol. The maximum atomic E-state index is 12.2. The maximum absolute atomic E-state index is 12.2. The van der Waals surface area contributed by atoms with Gasteiger partial charge in [-0.1, -0.05) is 0 Å². The third-order valence-corrected chi connectivity index (χ3v) is 2.67. The van der Waals surface area contributed by atoms with Gasteiger partial charge in [-0.15, -0.1) is 0 Å². The Kier molecular flexibility index (Phi) is 5.70. The fraction of sp³-hybridized carbons (Fsp3) is 0.333. The predicted octanol–water partition coefficient (Wildman–Crippen LogP) is 3.03. The largest absolute Gasteiger partial charge is 0.466 e. The lowest BCUT2D eigenvalue weighted by atomic mass is 10.1. The zero-order chi connectivity index (χ0) is 14.4. The van der Waals surface area contributed by atoms with Crippen molar-refractivity contribution < 1.29 is 23.0 Å². The molecule has 1 rings (SSSR count). The first-order valence-electron chi connectivity index (χ1n) is 5.30. The molecule has 0 spiro atoms. The molecule has 1 aromatic carbocycles. The van der Waals surface area contributed by atoms with E-state index in [0.717, 1.165) is 0 Å². The zero-order valence-corrected chi connectivity index (χ0v) is 11.5. The number of nitrogens with zero attached hydrogens (tertiary/aromatic N) is 1. The van der Waals surface area contributed by atoms with Crippen molar-refractivity contribution >= 4 is 21.9 Å². The standard InChI is InChI=1S/C12H10BrF2NO3/c1-2-18-10(17)5-7-3-8(6-16)11(9(13)4-7)19-12(14)15/h3-4,12H,2,5H2,1H3. The Morgan fingerprint density at radius 1 is 1.53 bits per heavy atom. The summed E-state index contributed by atoms with van der Waals surface area (Å²) >= 11 is 3.03. The van der Waals surface area contributed by atoms with Gasteiger partial charge in [0.05, 0.1) is 23.1 Å². The number of benzene rings is 1. The van der Waals surface area contributed by atoms with E-state index in [2.05, 4.69) is 20.7 Å². The lowest BCUT2D eigenvalue weighted by Crippen LogP contribution is -2.09. The molecule has 102 valence electrons. The highest BCUT2D eigenvalue weighted by molar-refractivity contribution is 9.10. The molecule has 0 aliphatic carbocycles. The number of halogens is 3. The number of nitriles is 1. The molecule has 0 saturated heterocycles. The molecule has 0 heterocycles. The molecule has 4 nitrogen and oxygen atoms in total. The molecule has 0 N–H and O–H groups in total. The fourth-order valence-electron chi connectivity index (χ4n) is 1.42. The molecule has 1 aromatic rings. The molecule has 7 heteroatoms. The second-order valence-corrected chi connectivity index (χ2v) is 4.28. The number of hydrogen-bond acceptors (Lipinski definition) is 4. The third kappa shape index (κ3) is 4.48. The van der Waals surface area contributed by atoms with E-state index in [1.165, 1.54) is 12.1 Å². The quantitative estimate of drug-likeness (QED) is 0.777. The zero-order valence-electron chi connectivity index (χ0n) is 9.95. The maximum Gasteiger partial charge on any atom is 0.387 e. The summed E-state index contributed by atoms with van der Waals surface area (Å²) in [4.78, 5) is 11.3. The average Bonchev–Trinajstić information content (AvgIpc) is 2.32. The molecule has 0 aromatic heterocycles. The van der Waals surface area contributed by atoms with Gasteiger partial charge in [0.25, 0.3) is 0 Å². The van der Waals surface area contributed by atoms with Crippen LogP contribution in [-0.4, -0.2) is 19.2 Å². The van der Waals surface area contributed by atoms with Crippen LogP contribution in [0, 0.1) is 11.3 Å². The van der Waals surface area contributed by atoms with Crippen molar-refractivity contribution in [3.63, 3.8) is 0 Å². The van der Waals surface area contributed by atoms with Gasteiger partial charge in [0.15, 0.2) is 5.75 Å². The number of hydrogen-bond donors (Lipinski definition) is 0. The van der Waals surface area contributed by atoms with Crippen LogP contribution < -0.4 is 4.74 Å². The van der Waals surface area contributed by atoms with Crippen LogP contribution in [0.4, 0.5) is 8.78 Å². The molecule has 19 heavy (non-hydrogen) atoms. The van der Waals surface area contributed by atoms with E-state index in [-0.39, 0.29) is 28.8 Å². The first kappa shape index (κ1) is 15.4. The Labute approximate surface area is 117 Å². The van der Waals surface area contributed by atoms with Crippen molar-refractivity contribution in [2.75, 3.05) is 6.61 Å². The van der Waals surface area contributed by atoms with Gasteiger partial charge in [-0.05, 0) is 40.5 Å². The number of alkyl halides is 2. The monoisotopic (exact) mass is 333 g/mol. The molecule has 0 fully saturated rings. The van der Waals surface area contributed by atoms with Crippen LogP contribution in [0.5, 0.6) is 5.75 Å². The highest BCUT2D eigenvalue weighted by atomic mass is 79.9. The Bertz CT molecular complexity index is 514. The van der Waals surface area contributed by atoms with E-state index >= 15 is 0 Å². The van der Waals surface area contributed by atoms with Crippen LogP contribution in [0.15, 0.2) is 16.6 Å². The van der Waals surface area contributed by atoms with E-state index in [1.807, 2.05) is 0 Å². The summed E-state index contributed by atoms with van der Waals surface area (Å²) < 4.78 is 33.6.